The fraction of sp³-hybridized carbons (Fsp3) is 0.235. The third-order valence-corrected chi connectivity index (χ3v) is 4.53. The van der Waals surface area contributed by atoms with E-state index in [2.05, 4.69) is 5.32 Å². The van der Waals surface area contributed by atoms with E-state index in [1.165, 1.54) is 12.1 Å². The first-order valence-electron chi connectivity index (χ1n) is 7.28. The Balaban J connectivity index is 1.97. The summed E-state index contributed by atoms with van der Waals surface area (Å²) in [5.74, 6) is 0. The topological polar surface area (TPSA) is 92.7 Å². The van der Waals surface area contributed by atoms with Crippen molar-refractivity contribution < 1.29 is 23.1 Å². The largest absolute Gasteiger partial charge is 0.445 e. The smallest absolute Gasteiger partial charge is 0.408 e. The molecule has 2 N–H and O–H groups in total. The normalized spacial score (nSPS) is 12.4. The minimum absolute atomic E-state index is 0.123. The quantitative estimate of drug-likeness (QED) is 0.833. The molecule has 0 aliphatic rings. The van der Waals surface area contributed by atoms with Gasteiger partial charge in [-0.15, -0.1) is 0 Å². The number of carbonyl (C=O) groups excluding carboxylic acids is 1. The molecule has 0 fully saturated rings. The maximum absolute atomic E-state index is 11.8. The van der Waals surface area contributed by atoms with Gasteiger partial charge in [-0.25, -0.2) is 13.2 Å². The first-order chi connectivity index (χ1) is 11.4. The summed E-state index contributed by atoms with van der Waals surface area (Å²) >= 11 is 0. The molecule has 1 unspecified atom stereocenters. The third-order valence-electron chi connectivity index (χ3n) is 3.40. The number of alkyl carbamates (subject to hydrolysis) is 1. The van der Waals surface area contributed by atoms with Crippen LogP contribution in [0.2, 0.25) is 0 Å². The van der Waals surface area contributed by atoms with E-state index in [9.17, 15) is 18.3 Å². The molecule has 0 radical (unpaired) electrons. The third kappa shape index (κ3) is 5.07. The van der Waals surface area contributed by atoms with Crippen LogP contribution in [0.25, 0.3) is 0 Å². The molecule has 1 amide bonds. The van der Waals surface area contributed by atoms with Crippen LogP contribution in [0.4, 0.5) is 4.79 Å². The highest BCUT2D eigenvalue weighted by molar-refractivity contribution is 7.90. The van der Waals surface area contributed by atoms with Crippen molar-refractivity contribution in [3.8, 4) is 0 Å². The van der Waals surface area contributed by atoms with Crippen molar-refractivity contribution >= 4 is 15.9 Å². The molecule has 0 spiro atoms. The molecule has 7 heteroatoms. The highest BCUT2D eigenvalue weighted by Gasteiger charge is 2.16. The maximum Gasteiger partial charge on any atom is 0.408 e. The van der Waals surface area contributed by atoms with E-state index in [0.29, 0.717) is 5.56 Å². The van der Waals surface area contributed by atoms with Crippen LogP contribution in [0.3, 0.4) is 0 Å². The minimum Gasteiger partial charge on any atom is -0.445 e. The highest BCUT2D eigenvalue weighted by atomic mass is 32.2. The van der Waals surface area contributed by atoms with Gasteiger partial charge < -0.3 is 15.2 Å². The summed E-state index contributed by atoms with van der Waals surface area (Å²) in [6.07, 6.45) is 0.454. The summed E-state index contributed by atoms with van der Waals surface area (Å²) in [4.78, 5) is 12.0. The molecule has 0 aliphatic carbocycles. The van der Waals surface area contributed by atoms with Crippen LogP contribution in [-0.4, -0.2) is 32.5 Å². The summed E-state index contributed by atoms with van der Waals surface area (Å²) in [6, 6.07) is 14.5. The van der Waals surface area contributed by atoms with Crippen LogP contribution >= 0.6 is 0 Å². The van der Waals surface area contributed by atoms with Gasteiger partial charge in [0.15, 0.2) is 9.84 Å². The maximum atomic E-state index is 11.8. The number of hydrogen-bond acceptors (Lipinski definition) is 5. The van der Waals surface area contributed by atoms with E-state index in [1.54, 1.807) is 12.1 Å². The molecule has 0 aliphatic heterocycles. The predicted molar refractivity (Wildman–Crippen MR) is 89.1 cm³/mol. The van der Waals surface area contributed by atoms with Gasteiger partial charge in [-0.2, -0.15) is 0 Å². The average Bonchev–Trinajstić information content (AvgIpc) is 2.58. The fourth-order valence-electron chi connectivity index (χ4n) is 2.09. The van der Waals surface area contributed by atoms with Gasteiger partial charge in [-0.05, 0) is 23.3 Å². The lowest BCUT2D eigenvalue weighted by molar-refractivity contribution is 0.129. The molecule has 0 heterocycles. The van der Waals surface area contributed by atoms with Crippen molar-refractivity contribution in [1.29, 1.82) is 0 Å². The Morgan fingerprint density at radius 1 is 1.12 bits per heavy atom. The Bertz CT molecular complexity index is 772. The Hall–Kier alpha value is -2.38. The first-order valence-corrected chi connectivity index (χ1v) is 9.17. The van der Waals surface area contributed by atoms with Crippen molar-refractivity contribution in [2.24, 2.45) is 0 Å². The molecular weight excluding hydrogens is 330 g/mol. The zero-order valence-corrected chi connectivity index (χ0v) is 14.0. The number of aliphatic hydroxyl groups is 1. The van der Waals surface area contributed by atoms with Crippen LogP contribution in [0.5, 0.6) is 0 Å². The number of rotatable bonds is 6. The second-order valence-corrected chi connectivity index (χ2v) is 7.30. The molecule has 0 bridgehead atoms. The predicted octanol–water partition coefficient (Wildman–Crippen LogP) is 2.05. The molecule has 24 heavy (non-hydrogen) atoms. The van der Waals surface area contributed by atoms with Gasteiger partial charge in [0.05, 0.1) is 17.5 Å². The Morgan fingerprint density at radius 2 is 1.75 bits per heavy atom. The molecule has 0 saturated heterocycles. The van der Waals surface area contributed by atoms with Crippen LogP contribution in [0.15, 0.2) is 59.5 Å². The number of sulfone groups is 1. The van der Waals surface area contributed by atoms with Crippen LogP contribution in [0.1, 0.15) is 17.2 Å². The molecular formula is C17H19NO5S. The number of nitrogens with one attached hydrogen (secondary N) is 1. The van der Waals surface area contributed by atoms with Crippen molar-refractivity contribution in [2.45, 2.75) is 17.5 Å². The summed E-state index contributed by atoms with van der Waals surface area (Å²) < 4.78 is 28.0. The SMILES string of the molecule is CS(=O)(=O)c1ccc(C(CO)NC(=O)OCc2ccccc2)cc1. The highest BCUT2D eigenvalue weighted by Crippen LogP contribution is 2.16. The fourth-order valence-corrected chi connectivity index (χ4v) is 2.72. The van der Waals surface area contributed by atoms with Crippen molar-refractivity contribution in [3.05, 3.63) is 65.7 Å². The standard InChI is InChI=1S/C17H19NO5S/c1-24(21,22)15-9-7-14(8-10-15)16(11-19)18-17(20)23-12-13-5-3-2-4-6-13/h2-10,16,19H,11-12H2,1H3,(H,18,20). The van der Waals surface area contributed by atoms with Crippen molar-refractivity contribution in [2.75, 3.05) is 12.9 Å². The molecule has 2 aromatic carbocycles. The summed E-state index contributed by atoms with van der Waals surface area (Å²) in [7, 11) is -3.29. The number of aliphatic hydroxyl groups excluding tert-OH is 1. The molecule has 6 nitrogen and oxygen atoms in total. The Morgan fingerprint density at radius 3 is 2.29 bits per heavy atom. The van der Waals surface area contributed by atoms with E-state index in [0.717, 1.165) is 11.8 Å². The van der Waals surface area contributed by atoms with Gasteiger partial charge in [0.2, 0.25) is 0 Å². The second kappa shape index (κ2) is 7.94. The first kappa shape index (κ1) is 18.0. The molecule has 2 aromatic rings. The lowest BCUT2D eigenvalue weighted by atomic mass is 10.1. The van der Waals surface area contributed by atoms with Crippen molar-refractivity contribution in [3.63, 3.8) is 0 Å². The monoisotopic (exact) mass is 349 g/mol. The van der Waals surface area contributed by atoms with E-state index >= 15 is 0 Å². The van der Waals surface area contributed by atoms with Gasteiger partial charge in [0.1, 0.15) is 6.61 Å². The lowest BCUT2D eigenvalue weighted by Crippen LogP contribution is -2.31. The number of amides is 1. The van der Waals surface area contributed by atoms with Gasteiger partial charge >= 0.3 is 6.09 Å². The lowest BCUT2D eigenvalue weighted by Gasteiger charge is -2.17. The summed E-state index contributed by atoms with van der Waals surface area (Å²) in [5, 5.41) is 12.0. The van der Waals surface area contributed by atoms with E-state index in [4.69, 9.17) is 4.74 Å². The minimum atomic E-state index is -3.29. The van der Waals surface area contributed by atoms with E-state index < -0.39 is 22.0 Å². The van der Waals surface area contributed by atoms with E-state index in [1.807, 2.05) is 30.3 Å². The van der Waals surface area contributed by atoms with Gasteiger partial charge in [-0.3, -0.25) is 0 Å². The van der Waals surface area contributed by atoms with E-state index in [-0.39, 0.29) is 18.1 Å². The number of ether oxygens (including phenoxy) is 1. The average molecular weight is 349 g/mol. The van der Waals surface area contributed by atoms with Crippen molar-refractivity contribution in [1.82, 2.24) is 5.32 Å². The zero-order valence-electron chi connectivity index (χ0n) is 13.2. The van der Waals surface area contributed by atoms with Gasteiger partial charge in [0.25, 0.3) is 0 Å². The van der Waals surface area contributed by atoms with Crippen LogP contribution < -0.4 is 5.32 Å². The molecule has 128 valence electrons. The molecule has 2 rings (SSSR count). The summed E-state index contributed by atoms with van der Waals surface area (Å²) in [5.41, 5.74) is 1.44. The zero-order chi connectivity index (χ0) is 17.6. The molecule has 1 atom stereocenters. The van der Waals surface area contributed by atoms with Crippen LogP contribution in [0, 0.1) is 0 Å². The number of hydrogen-bond donors (Lipinski definition) is 2. The summed E-state index contributed by atoms with van der Waals surface area (Å²) in [6.45, 7) is -0.212. The second-order valence-electron chi connectivity index (χ2n) is 5.28. The van der Waals surface area contributed by atoms with Crippen LogP contribution in [-0.2, 0) is 21.2 Å². The van der Waals surface area contributed by atoms with Gasteiger partial charge in [-0.1, -0.05) is 42.5 Å². The Labute approximate surface area is 141 Å². The Kier molecular flexibility index (Phi) is 5.94. The number of carbonyl (C=O) groups is 1. The molecule has 0 aromatic heterocycles. The number of benzene rings is 2. The van der Waals surface area contributed by atoms with Gasteiger partial charge in [0, 0.05) is 6.26 Å². The molecule has 0 saturated carbocycles.